The topological polar surface area (TPSA) is 35.5 Å². The van der Waals surface area contributed by atoms with Crippen molar-refractivity contribution >= 4 is 17.3 Å². The summed E-state index contributed by atoms with van der Waals surface area (Å²) in [6.07, 6.45) is 5.46. The van der Waals surface area contributed by atoms with Gasteiger partial charge in [0, 0.05) is 36.3 Å². The lowest BCUT2D eigenvalue weighted by atomic mass is 9.71. The first-order valence-corrected chi connectivity index (χ1v) is 8.40. The van der Waals surface area contributed by atoms with Crippen molar-refractivity contribution in [2.24, 2.45) is 5.92 Å². The summed E-state index contributed by atoms with van der Waals surface area (Å²) >= 11 is 6.14. The molecule has 1 aliphatic carbocycles. The van der Waals surface area contributed by atoms with E-state index in [1.165, 1.54) is 24.1 Å². The minimum absolute atomic E-state index is 0.412. The molecule has 2 atom stereocenters. The Kier molecular flexibility index (Phi) is 4.43. The molecule has 2 N–H and O–H groups in total. The molecule has 2 aliphatic rings. The summed E-state index contributed by atoms with van der Waals surface area (Å²) in [4.78, 5) is 2.44. The Hall–Kier alpha value is -0.770. The summed E-state index contributed by atoms with van der Waals surface area (Å²) in [7, 11) is 1.96. The first kappa shape index (κ1) is 15.1. The number of nitrogens with zero attached hydrogens (tertiary/aromatic N) is 1. The molecule has 0 amide bonds. The highest BCUT2D eigenvalue weighted by molar-refractivity contribution is 6.30. The summed E-state index contributed by atoms with van der Waals surface area (Å²) < 4.78 is 0. The van der Waals surface area contributed by atoms with Crippen LogP contribution in [0.5, 0.6) is 0 Å². The fourth-order valence-electron chi connectivity index (χ4n) is 3.98. The predicted octanol–water partition coefficient (Wildman–Crippen LogP) is 3.19. The zero-order valence-electron chi connectivity index (χ0n) is 12.7. The number of fused-ring (bicyclic) bond motifs is 1. The minimum atomic E-state index is -0.412. The molecule has 1 aromatic rings. The van der Waals surface area contributed by atoms with Crippen LogP contribution in [0.25, 0.3) is 0 Å². The van der Waals surface area contributed by atoms with Crippen LogP contribution in [0.3, 0.4) is 0 Å². The van der Waals surface area contributed by atoms with Gasteiger partial charge in [-0.05, 0) is 50.1 Å². The molecule has 0 radical (unpaired) electrons. The van der Waals surface area contributed by atoms with Gasteiger partial charge < -0.3 is 15.3 Å². The van der Waals surface area contributed by atoms with E-state index in [9.17, 15) is 5.11 Å². The van der Waals surface area contributed by atoms with E-state index in [4.69, 9.17) is 11.6 Å². The molecule has 2 unspecified atom stereocenters. The molecule has 1 aromatic carbocycles. The Morgan fingerprint density at radius 3 is 3.05 bits per heavy atom. The van der Waals surface area contributed by atoms with Crippen molar-refractivity contribution in [3.8, 4) is 0 Å². The summed E-state index contributed by atoms with van der Waals surface area (Å²) in [5.41, 5.74) is 2.09. The second-order valence-corrected chi connectivity index (χ2v) is 6.98. The summed E-state index contributed by atoms with van der Waals surface area (Å²) in [6, 6.07) is 6.15. The molecule has 0 bridgehead atoms. The lowest BCUT2D eigenvalue weighted by molar-refractivity contribution is -0.0612. The molecular weight excluding hydrogens is 284 g/mol. The number of nitrogens with one attached hydrogen (secondary N) is 1. The zero-order chi connectivity index (χ0) is 14.9. The number of benzene rings is 1. The van der Waals surface area contributed by atoms with E-state index in [1.54, 1.807) is 0 Å². The van der Waals surface area contributed by atoms with Gasteiger partial charge in [0.25, 0.3) is 0 Å². The van der Waals surface area contributed by atoms with Crippen LogP contribution in [0.1, 0.15) is 37.7 Å². The van der Waals surface area contributed by atoms with E-state index in [0.29, 0.717) is 5.92 Å². The number of halogens is 1. The lowest BCUT2D eigenvalue weighted by Crippen LogP contribution is -2.53. The highest BCUT2D eigenvalue weighted by Crippen LogP contribution is 2.41. The number of aliphatic hydroxyl groups is 1. The normalized spacial score (nSPS) is 29.3. The monoisotopic (exact) mass is 308 g/mol. The van der Waals surface area contributed by atoms with Crippen LogP contribution in [0, 0.1) is 5.92 Å². The number of hydrogen-bond donors (Lipinski definition) is 2. The van der Waals surface area contributed by atoms with Gasteiger partial charge in [-0.15, -0.1) is 0 Å². The van der Waals surface area contributed by atoms with Crippen LogP contribution in [0.2, 0.25) is 5.02 Å². The fourth-order valence-corrected chi connectivity index (χ4v) is 4.18. The minimum Gasteiger partial charge on any atom is -0.389 e. The molecule has 0 aromatic heterocycles. The molecule has 1 saturated carbocycles. The molecule has 21 heavy (non-hydrogen) atoms. The van der Waals surface area contributed by atoms with E-state index < -0.39 is 5.60 Å². The van der Waals surface area contributed by atoms with Gasteiger partial charge in [0.2, 0.25) is 0 Å². The molecule has 0 spiro atoms. The van der Waals surface area contributed by atoms with E-state index in [2.05, 4.69) is 22.3 Å². The van der Waals surface area contributed by atoms with Crippen molar-refractivity contribution in [1.82, 2.24) is 5.32 Å². The largest absolute Gasteiger partial charge is 0.389 e. The van der Waals surface area contributed by atoms with Gasteiger partial charge in [-0.1, -0.05) is 24.4 Å². The third-order valence-corrected chi connectivity index (χ3v) is 5.41. The highest BCUT2D eigenvalue weighted by atomic mass is 35.5. The molecule has 2 fully saturated rings. The number of hydrogen-bond acceptors (Lipinski definition) is 3. The van der Waals surface area contributed by atoms with Crippen molar-refractivity contribution in [2.45, 2.75) is 44.2 Å². The Labute approximate surface area is 132 Å². The smallest absolute Gasteiger partial charge is 0.0709 e. The molecule has 3 rings (SSSR count). The van der Waals surface area contributed by atoms with Gasteiger partial charge in [0.05, 0.1) is 5.60 Å². The van der Waals surface area contributed by atoms with Gasteiger partial charge in [-0.25, -0.2) is 0 Å². The second kappa shape index (κ2) is 6.15. The first-order valence-electron chi connectivity index (χ1n) is 8.03. The Bertz CT molecular complexity index is 508. The van der Waals surface area contributed by atoms with Crippen LogP contribution < -0.4 is 10.2 Å². The quantitative estimate of drug-likeness (QED) is 0.900. The first-order chi connectivity index (χ1) is 10.1. The highest BCUT2D eigenvalue weighted by Gasteiger charge is 2.42. The van der Waals surface area contributed by atoms with Crippen LogP contribution in [-0.4, -0.2) is 30.8 Å². The van der Waals surface area contributed by atoms with Gasteiger partial charge in [0.15, 0.2) is 0 Å². The predicted molar refractivity (Wildman–Crippen MR) is 88.0 cm³/mol. The average molecular weight is 309 g/mol. The molecule has 1 aliphatic heterocycles. The standard InChI is InChI=1S/C17H25ClN2O/c1-19-11-13-10-15(18)5-6-16(13)20-9-8-17(21)7-3-2-4-14(17)12-20/h5-6,10,14,19,21H,2-4,7-9,11-12H2,1H3. The molecule has 4 heteroatoms. The molecule has 1 heterocycles. The Balaban J connectivity index is 1.82. The third-order valence-electron chi connectivity index (χ3n) is 5.18. The lowest BCUT2D eigenvalue weighted by Gasteiger charge is -2.48. The van der Waals surface area contributed by atoms with E-state index in [1.807, 2.05) is 13.1 Å². The van der Waals surface area contributed by atoms with Crippen LogP contribution in [0.4, 0.5) is 5.69 Å². The van der Waals surface area contributed by atoms with Crippen LogP contribution >= 0.6 is 11.6 Å². The molecular formula is C17H25ClN2O. The number of piperidine rings is 1. The maximum atomic E-state index is 10.8. The Morgan fingerprint density at radius 1 is 1.38 bits per heavy atom. The van der Waals surface area contributed by atoms with Crippen LogP contribution in [-0.2, 0) is 6.54 Å². The van der Waals surface area contributed by atoms with Crippen molar-refractivity contribution in [3.63, 3.8) is 0 Å². The Morgan fingerprint density at radius 2 is 2.24 bits per heavy atom. The number of anilines is 1. The fraction of sp³-hybridized carbons (Fsp3) is 0.647. The van der Waals surface area contributed by atoms with Crippen molar-refractivity contribution in [2.75, 3.05) is 25.0 Å². The van der Waals surface area contributed by atoms with Crippen molar-refractivity contribution < 1.29 is 5.11 Å². The van der Waals surface area contributed by atoms with Gasteiger partial charge in [-0.3, -0.25) is 0 Å². The molecule has 3 nitrogen and oxygen atoms in total. The third kappa shape index (κ3) is 3.05. The van der Waals surface area contributed by atoms with Gasteiger partial charge >= 0.3 is 0 Å². The van der Waals surface area contributed by atoms with Crippen LogP contribution in [0.15, 0.2) is 18.2 Å². The van der Waals surface area contributed by atoms with Crippen molar-refractivity contribution in [3.05, 3.63) is 28.8 Å². The van der Waals surface area contributed by atoms with Gasteiger partial charge in [-0.2, -0.15) is 0 Å². The maximum Gasteiger partial charge on any atom is 0.0709 e. The summed E-state index contributed by atoms with van der Waals surface area (Å²) in [6.45, 7) is 2.72. The summed E-state index contributed by atoms with van der Waals surface area (Å²) in [5.74, 6) is 0.415. The average Bonchev–Trinajstić information content (AvgIpc) is 2.47. The molecule has 1 saturated heterocycles. The van der Waals surface area contributed by atoms with E-state index in [-0.39, 0.29) is 0 Å². The van der Waals surface area contributed by atoms with E-state index >= 15 is 0 Å². The molecule has 116 valence electrons. The second-order valence-electron chi connectivity index (χ2n) is 6.55. The summed E-state index contributed by atoms with van der Waals surface area (Å²) in [5, 5.41) is 14.8. The van der Waals surface area contributed by atoms with E-state index in [0.717, 1.165) is 43.9 Å². The van der Waals surface area contributed by atoms with Crippen molar-refractivity contribution in [1.29, 1.82) is 0 Å². The number of rotatable bonds is 3. The SMILES string of the molecule is CNCc1cc(Cl)ccc1N1CCC2(O)CCCCC2C1. The maximum absolute atomic E-state index is 10.8. The van der Waals surface area contributed by atoms with Gasteiger partial charge in [0.1, 0.15) is 0 Å². The zero-order valence-corrected chi connectivity index (χ0v) is 13.5.